The molecule has 0 unspecified atom stereocenters. The van der Waals surface area contributed by atoms with Gasteiger partial charge < -0.3 is 10.5 Å². The van der Waals surface area contributed by atoms with Crippen molar-refractivity contribution in [2.75, 3.05) is 12.0 Å². The monoisotopic (exact) mass is 419 g/mol. The molecule has 6 heteroatoms. The summed E-state index contributed by atoms with van der Waals surface area (Å²) in [7, 11) is 1.58. The number of para-hydroxylation sites is 1. The Bertz CT molecular complexity index is 1140. The van der Waals surface area contributed by atoms with E-state index in [0.29, 0.717) is 40.6 Å². The fourth-order valence-corrected chi connectivity index (χ4v) is 4.59. The maximum Gasteiger partial charge on any atom is 0.161 e. The van der Waals surface area contributed by atoms with E-state index in [2.05, 4.69) is 6.07 Å². The Hall–Kier alpha value is -3.23. The van der Waals surface area contributed by atoms with Gasteiger partial charge in [-0.25, -0.2) is 0 Å². The molecule has 2 N–H and O–H groups in total. The van der Waals surface area contributed by atoms with E-state index in [-0.39, 0.29) is 5.78 Å². The molecule has 2 aromatic carbocycles. The summed E-state index contributed by atoms with van der Waals surface area (Å²) in [6.07, 6.45) is 1.88. The minimum Gasteiger partial charge on any atom is -0.496 e. The Kier molecular flexibility index (Phi) is 5.27. The standard InChI is InChI=1S/C24H22ClN3O2/c1-14-17(25)8-5-9-18(14)28-19-10-6-11-20(29)23(19)22(16(13-26)24(28)27)15-7-3-4-12-21(15)30-2/h3-5,7-9,12,22H,6,10-11,27H2,1-2H3/t22-/m1/s1. The molecule has 5 nitrogen and oxygen atoms in total. The molecule has 1 aliphatic carbocycles. The van der Waals surface area contributed by atoms with Gasteiger partial charge in [-0.1, -0.05) is 35.9 Å². The lowest BCUT2D eigenvalue weighted by Gasteiger charge is -2.40. The summed E-state index contributed by atoms with van der Waals surface area (Å²) in [4.78, 5) is 15.0. The van der Waals surface area contributed by atoms with Crippen molar-refractivity contribution in [2.45, 2.75) is 32.1 Å². The minimum absolute atomic E-state index is 0.0390. The second-order valence-electron chi connectivity index (χ2n) is 7.44. The van der Waals surface area contributed by atoms with Crippen molar-refractivity contribution in [1.82, 2.24) is 0 Å². The number of allylic oxidation sites excluding steroid dienone is 3. The average Bonchev–Trinajstić information content (AvgIpc) is 2.75. The van der Waals surface area contributed by atoms with Crippen LogP contribution in [0.25, 0.3) is 0 Å². The second-order valence-corrected chi connectivity index (χ2v) is 7.85. The first-order valence-corrected chi connectivity index (χ1v) is 10.2. The highest BCUT2D eigenvalue weighted by Crippen LogP contribution is 2.48. The van der Waals surface area contributed by atoms with Crippen LogP contribution >= 0.6 is 11.6 Å². The predicted molar refractivity (Wildman–Crippen MR) is 117 cm³/mol. The molecule has 1 aliphatic heterocycles. The van der Waals surface area contributed by atoms with E-state index < -0.39 is 5.92 Å². The first kappa shape index (κ1) is 20.1. The van der Waals surface area contributed by atoms with E-state index in [0.717, 1.165) is 28.9 Å². The molecule has 0 saturated heterocycles. The van der Waals surface area contributed by atoms with Crippen LogP contribution in [0.4, 0.5) is 5.69 Å². The molecule has 2 aliphatic rings. The minimum atomic E-state index is -0.551. The maximum atomic E-state index is 13.2. The van der Waals surface area contributed by atoms with Gasteiger partial charge in [0.2, 0.25) is 0 Å². The van der Waals surface area contributed by atoms with Crippen molar-refractivity contribution < 1.29 is 9.53 Å². The first-order valence-electron chi connectivity index (χ1n) is 9.83. The lowest BCUT2D eigenvalue weighted by Crippen LogP contribution is -2.39. The molecule has 2 aromatic rings. The molecule has 0 fully saturated rings. The van der Waals surface area contributed by atoms with Crippen LogP contribution in [0, 0.1) is 18.3 Å². The van der Waals surface area contributed by atoms with E-state index in [9.17, 15) is 10.1 Å². The number of Topliss-reactive ketones (excluding diaryl/α,β-unsaturated/α-hetero) is 1. The van der Waals surface area contributed by atoms with E-state index in [1.807, 2.05) is 54.3 Å². The molecule has 0 saturated carbocycles. The number of benzene rings is 2. The lowest BCUT2D eigenvalue weighted by molar-refractivity contribution is -0.116. The van der Waals surface area contributed by atoms with Gasteiger partial charge in [-0.3, -0.25) is 9.69 Å². The highest BCUT2D eigenvalue weighted by Gasteiger charge is 2.41. The fraction of sp³-hybridized carbons (Fsp3) is 0.250. The normalized spacial score (nSPS) is 18.9. The molecule has 0 spiro atoms. The van der Waals surface area contributed by atoms with E-state index in [4.69, 9.17) is 22.1 Å². The van der Waals surface area contributed by atoms with Crippen LogP contribution in [-0.4, -0.2) is 12.9 Å². The van der Waals surface area contributed by atoms with Gasteiger partial charge in [0.05, 0.1) is 30.4 Å². The van der Waals surface area contributed by atoms with Crippen molar-refractivity contribution >= 4 is 23.1 Å². The number of carbonyl (C=O) groups excluding carboxylic acids is 1. The van der Waals surface area contributed by atoms with E-state index >= 15 is 0 Å². The third kappa shape index (κ3) is 3.05. The molecule has 30 heavy (non-hydrogen) atoms. The zero-order chi connectivity index (χ0) is 21.4. The number of anilines is 1. The van der Waals surface area contributed by atoms with Gasteiger partial charge in [-0.15, -0.1) is 0 Å². The zero-order valence-electron chi connectivity index (χ0n) is 16.9. The Morgan fingerprint density at radius 3 is 2.70 bits per heavy atom. The average molecular weight is 420 g/mol. The number of hydrogen-bond acceptors (Lipinski definition) is 5. The van der Waals surface area contributed by atoms with E-state index in [1.54, 1.807) is 7.11 Å². The van der Waals surface area contributed by atoms with Crippen molar-refractivity contribution in [3.8, 4) is 11.8 Å². The van der Waals surface area contributed by atoms with Crippen molar-refractivity contribution in [2.24, 2.45) is 5.73 Å². The molecule has 152 valence electrons. The van der Waals surface area contributed by atoms with Crippen molar-refractivity contribution in [1.29, 1.82) is 5.26 Å². The summed E-state index contributed by atoms with van der Waals surface area (Å²) in [5.74, 6) is 0.439. The van der Waals surface area contributed by atoms with Crippen LogP contribution in [-0.2, 0) is 4.79 Å². The predicted octanol–water partition coefficient (Wildman–Crippen LogP) is 4.96. The smallest absolute Gasteiger partial charge is 0.161 e. The molecule has 0 bridgehead atoms. The molecule has 0 aromatic heterocycles. The maximum absolute atomic E-state index is 13.2. The van der Waals surface area contributed by atoms with Gasteiger partial charge in [0, 0.05) is 28.3 Å². The van der Waals surface area contributed by atoms with Gasteiger partial charge >= 0.3 is 0 Å². The van der Waals surface area contributed by atoms with Crippen LogP contribution < -0.4 is 15.4 Å². The van der Waals surface area contributed by atoms with Crippen molar-refractivity contribution in [3.63, 3.8) is 0 Å². The summed E-state index contributed by atoms with van der Waals surface area (Å²) in [5.41, 5.74) is 10.8. The largest absolute Gasteiger partial charge is 0.496 e. The number of ether oxygens (including phenoxy) is 1. The highest BCUT2D eigenvalue weighted by atomic mass is 35.5. The Balaban J connectivity index is 2.02. The number of methoxy groups -OCH3 is 1. The van der Waals surface area contributed by atoms with Crippen LogP contribution in [0.15, 0.2) is 65.1 Å². The second kappa shape index (κ2) is 7.89. The quantitative estimate of drug-likeness (QED) is 0.760. The number of rotatable bonds is 3. The fourth-order valence-electron chi connectivity index (χ4n) is 4.42. The highest BCUT2D eigenvalue weighted by molar-refractivity contribution is 6.31. The van der Waals surface area contributed by atoms with Gasteiger partial charge in [0.15, 0.2) is 5.78 Å². The van der Waals surface area contributed by atoms with Gasteiger partial charge in [-0.05, 0) is 43.5 Å². The number of nitrogens with zero attached hydrogens (tertiary/aromatic N) is 2. The molecule has 1 atom stereocenters. The Morgan fingerprint density at radius 1 is 1.20 bits per heavy atom. The first-order chi connectivity index (χ1) is 14.5. The van der Waals surface area contributed by atoms with Gasteiger partial charge in [0.25, 0.3) is 0 Å². The summed E-state index contributed by atoms with van der Waals surface area (Å²) in [5, 5.41) is 10.7. The molecular weight excluding hydrogens is 398 g/mol. The summed E-state index contributed by atoms with van der Waals surface area (Å²) >= 11 is 6.37. The number of nitriles is 1. The molecule has 0 amide bonds. The van der Waals surface area contributed by atoms with Crippen molar-refractivity contribution in [3.05, 3.63) is 81.3 Å². The topological polar surface area (TPSA) is 79.3 Å². The zero-order valence-corrected chi connectivity index (χ0v) is 17.7. The third-order valence-electron chi connectivity index (χ3n) is 5.84. The van der Waals surface area contributed by atoms with Gasteiger partial charge in [0.1, 0.15) is 11.6 Å². The number of halogens is 1. The molecule has 1 heterocycles. The van der Waals surface area contributed by atoms with Crippen LogP contribution in [0.5, 0.6) is 5.75 Å². The summed E-state index contributed by atoms with van der Waals surface area (Å²) in [6.45, 7) is 1.91. The lowest BCUT2D eigenvalue weighted by atomic mass is 9.75. The third-order valence-corrected chi connectivity index (χ3v) is 6.25. The summed E-state index contributed by atoms with van der Waals surface area (Å²) < 4.78 is 5.55. The number of hydrogen-bond donors (Lipinski definition) is 1. The molecular formula is C24H22ClN3O2. The van der Waals surface area contributed by atoms with E-state index in [1.165, 1.54) is 0 Å². The molecule has 4 rings (SSSR count). The Morgan fingerprint density at radius 2 is 1.97 bits per heavy atom. The molecule has 0 radical (unpaired) electrons. The number of nitrogens with two attached hydrogens (primary N) is 1. The Labute approximate surface area is 181 Å². The van der Waals surface area contributed by atoms with Gasteiger partial charge in [-0.2, -0.15) is 5.26 Å². The van der Waals surface area contributed by atoms with Crippen LogP contribution in [0.3, 0.4) is 0 Å². The summed E-state index contributed by atoms with van der Waals surface area (Å²) in [6, 6.07) is 15.3. The number of carbonyl (C=O) groups is 1. The van der Waals surface area contributed by atoms with Crippen LogP contribution in [0.1, 0.15) is 36.3 Å². The SMILES string of the molecule is COc1ccccc1[C@@H]1C(C#N)=C(N)N(c2cccc(Cl)c2C)C2=C1C(=O)CCC2. The van der Waals surface area contributed by atoms with Crippen LogP contribution in [0.2, 0.25) is 5.02 Å². The number of ketones is 1.